The zero-order valence-electron chi connectivity index (χ0n) is 12.0. The van der Waals surface area contributed by atoms with E-state index in [1.165, 1.54) is 0 Å². The maximum Gasteiger partial charge on any atom is 0.241 e. The van der Waals surface area contributed by atoms with Crippen LogP contribution in [-0.4, -0.2) is 32.5 Å². The summed E-state index contributed by atoms with van der Waals surface area (Å²) in [5.41, 5.74) is 1.71. The van der Waals surface area contributed by atoms with E-state index in [4.69, 9.17) is 0 Å². The molecule has 0 radical (unpaired) electrons. The molecule has 5 nitrogen and oxygen atoms in total. The Kier molecular flexibility index (Phi) is 3.93. The Morgan fingerprint density at radius 3 is 2.95 bits per heavy atom. The molecule has 112 valence electrons. The second-order valence-corrected chi connectivity index (χ2v) is 7.13. The largest absolute Gasteiger partial charge is 0.315 e. The molecule has 0 saturated carbocycles. The van der Waals surface area contributed by atoms with Crippen molar-refractivity contribution in [3.05, 3.63) is 36.0 Å². The van der Waals surface area contributed by atoms with Gasteiger partial charge in [0, 0.05) is 24.2 Å². The van der Waals surface area contributed by atoms with Crippen LogP contribution >= 0.6 is 0 Å². The van der Waals surface area contributed by atoms with Crippen molar-refractivity contribution in [2.75, 3.05) is 13.1 Å². The zero-order chi connectivity index (χ0) is 14.9. The SMILES string of the molecule is Cc1ccc(S(=O)(=O)NC2CCCNC2)c2cccnc12. The number of hydrogen-bond donors (Lipinski definition) is 2. The van der Waals surface area contributed by atoms with Crippen LogP contribution in [-0.2, 0) is 10.0 Å². The Morgan fingerprint density at radius 1 is 1.33 bits per heavy atom. The Morgan fingerprint density at radius 2 is 2.19 bits per heavy atom. The van der Waals surface area contributed by atoms with Crippen molar-refractivity contribution in [1.82, 2.24) is 15.0 Å². The van der Waals surface area contributed by atoms with E-state index in [0.29, 0.717) is 16.8 Å². The molecule has 2 heterocycles. The molecule has 2 N–H and O–H groups in total. The van der Waals surface area contributed by atoms with E-state index in [1.807, 2.05) is 19.1 Å². The molecule has 1 atom stereocenters. The van der Waals surface area contributed by atoms with Gasteiger partial charge in [-0.3, -0.25) is 4.98 Å². The molecule has 1 fully saturated rings. The Balaban J connectivity index is 2.00. The van der Waals surface area contributed by atoms with Gasteiger partial charge in [0.15, 0.2) is 0 Å². The standard InChI is InChI=1S/C15H19N3O2S/c1-11-6-7-14(13-5-3-9-17-15(11)13)21(19,20)18-12-4-2-8-16-10-12/h3,5-7,9,12,16,18H,2,4,8,10H2,1H3. The quantitative estimate of drug-likeness (QED) is 0.903. The smallest absolute Gasteiger partial charge is 0.241 e. The monoisotopic (exact) mass is 305 g/mol. The molecule has 6 heteroatoms. The third-order valence-corrected chi connectivity index (χ3v) is 5.42. The number of piperidine rings is 1. The molecule has 0 aliphatic carbocycles. The highest BCUT2D eigenvalue weighted by atomic mass is 32.2. The summed E-state index contributed by atoms with van der Waals surface area (Å²) in [7, 11) is -3.53. The highest BCUT2D eigenvalue weighted by Gasteiger charge is 2.23. The van der Waals surface area contributed by atoms with Crippen LogP contribution in [0.2, 0.25) is 0 Å². The Bertz CT molecular complexity index is 753. The molecule has 1 aliphatic rings. The number of nitrogens with zero attached hydrogens (tertiary/aromatic N) is 1. The number of rotatable bonds is 3. The minimum atomic E-state index is -3.53. The minimum Gasteiger partial charge on any atom is -0.315 e. The maximum absolute atomic E-state index is 12.7. The molecule has 0 spiro atoms. The average Bonchev–Trinajstić information content (AvgIpc) is 2.48. The fourth-order valence-corrected chi connectivity index (χ4v) is 4.23. The van der Waals surface area contributed by atoms with Crippen LogP contribution in [0.25, 0.3) is 10.9 Å². The summed E-state index contributed by atoms with van der Waals surface area (Å²) in [5.74, 6) is 0. The third kappa shape index (κ3) is 2.92. The number of fused-ring (bicyclic) bond motifs is 1. The number of nitrogens with one attached hydrogen (secondary N) is 2. The van der Waals surface area contributed by atoms with Gasteiger partial charge in [-0.05, 0) is 50.1 Å². The molecule has 0 amide bonds. The van der Waals surface area contributed by atoms with E-state index in [-0.39, 0.29) is 6.04 Å². The summed E-state index contributed by atoms with van der Waals surface area (Å²) < 4.78 is 28.1. The lowest BCUT2D eigenvalue weighted by Crippen LogP contribution is -2.45. The fourth-order valence-electron chi connectivity index (χ4n) is 2.76. The molecule has 1 aromatic heterocycles. The van der Waals surface area contributed by atoms with Gasteiger partial charge in [-0.2, -0.15) is 0 Å². The summed E-state index contributed by atoms with van der Waals surface area (Å²) in [6.07, 6.45) is 3.54. The Hall–Kier alpha value is -1.50. The second-order valence-electron chi connectivity index (χ2n) is 5.44. The van der Waals surface area contributed by atoms with Crippen LogP contribution in [0.15, 0.2) is 35.4 Å². The van der Waals surface area contributed by atoms with Crippen LogP contribution in [0.5, 0.6) is 0 Å². The predicted octanol–water partition coefficient (Wildman–Crippen LogP) is 1.57. The van der Waals surface area contributed by atoms with Crippen molar-refractivity contribution < 1.29 is 8.42 Å². The van der Waals surface area contributed by atoms with Crippen molar-refractivity contribution in [3.8, 4) is 0 Å². The van der Waals surface area contributed by atoms with Gasteiger partial charge in [0.25, 0.3) is 0 Å². The molecule has 3 rings (SSSR count). The number of sulfonamides is 1. The molecular weight excluding hydrogens is 286 g/mol. The lowest BCUT2D eigenvalue weighted by Gasteiger charge is -2.24. The van der Waals surface area contributed by atoms with Crippen molar-refractivity contribution in [2.45, 2.75) is 30.7 Å². The number of benzene rings is 1. The van der Waals surface area contributed by atoms with E-state index >= 15 is 0 Å². The van der Waals surface area contributed by atoms with E-state index in [9.17, 15) is 8.42 Å². The Labute approximate surface area is 124 Å². The van der Waals surface area contributed by atoms with Gasteiger partial charge in [-0.1, -0.05) is 6.07 Å². The number of aryl methyl sites for hydroxylation is 1. The van der Waals surface area contributed by atoms with Crippen molar-refractivity contribution in [3.63, 3.8) is 0 Å². The first-order chi connectivity index (χ1) is 10.1. The van der Waals surface area contributed by atoms with Crippen LogP contribution in [0.3, 0.4) is 0 Å². The van der Waals surface area contributed by atoms with Crippen LogP contribution in [0, 0.1) is 6.92 Å². The fraction of sp³-hybridized carbons (Fsp3) is 0.400. The van der Waals surface area contributed by atoms with Gasteiger partial charge < -0.3 is 5.32 Å². The average molecular weight is 305 g/mol. The topological polar surface area (TPSA) is 71.1 Å². The predicted molar refractivity (Wildman–Crippen MR) is 82.7 cm³/mol. The number of hydrogen-bond acceptors (Lipinski definition) is 4. The molecule has 2 aromatic rings. The highest BCUT2D eigenvalue weighted by Crippen LogP contribution is 2.24. The van der Waals surface area contributed by atoms with Gasteiger partial charge in [0.1, 0.15) is 0 Å². The van der Waals surface area contributed by atoms with Crippen molar-refractivity contribution >= 4 is 20.9 Å². The molecule has 1 unspecified atom stereocenters. The van der Waals surface area contributed by atoms with E-state index in [0.717, 1.165) is 30.5 Å². The molecule has 1 aliphatic heterocycles. The highest BCUT2D eigenvalue weighted by molar-refractivity contribution is 7.89. The van der Waals surface area contributed by atoms with Crippen molar-refractivity contribution in [2.24, 2.45) is 0 Å². The lowest BCUT2D eigenvalue weighted by molar-refractivity contribution is 0.429. The van der Waals surface area contributed by atoms with Gasteiger partial charge in [-0.25, -0.2) is 13.1 Å². The molecule has 1 aromatic carbocycles. The van der Waals surface area contributed by atoms with Gasteiger partial charge in [0.2, 0.25) is 10.0 Å². The summed E-state index contributed by atoms with van der Waals surface area (Å²) >= 11 is 0. The van der Waals surface area contributed by atoms with Crippen LogP contribution in [0.1, 0.15) is 18.4 Å². The minimum absolute atomic E-state index is 0.0447. The summed E-state index contributed by atoms with van der Waals surface area (Å²) in [4.78, 5) is 4.60. The van der Waals surface area contributed by atoms with Gasteiger partial charge in [0.05, 0.1) is 10.4 Å². The van der Waals surface area contributed by atoms with E-state index in [1.54, 1.807) is 18.3 Å². The van der Waals surface area contributed by atoms with Gasteiger partial charge in [-0.15, -0.1) is 0 Å². The third-order valence-electron chi connectivity index (χ3n) is 3.84. The summed E-state index contributed by atoms with van der Waals surface area (Å²) in [5, 5.41) is 3.89. The van der Waals surface area contributed by atoms with Crippen molar-refractivity contribution in [1.29, 1.82) is 0 Å². The molecule has 21 heavy (non-hydrogen) atoms. The molecular formula is C15H19N3O2S. The van der Waals surface area contributed by atoms with Crippen LogP contribution in [0.4, 0.5) is 0 Å². The lowest BCUT2D eigenvalue weighted by atomic mass is 10.1. The first-order valence-electron chi connectivity index (χ1n) is 7.15. The first-order valence-corrected chi connectivity index (χ1v) is 8.63. The molecule has 1 saturated heterocycles. The summed E-state index contributed by atoms with van der Waals surface area (Å²) in [6, 6.07) is 7.00. The van der Waals surface area contributed by atoms with E-state index < -0.39 is 10.0 Å². The number of pyridine rings is 1. The summed E-state index contributed by atoms with van der Waals surface area (Å²) in [6.45, 7) is 3.57. The number of aromatic nitrogens is 1. The van der Waals surface area contributed by atoms with Crippen LogP contribution < -0.4 is 10.0 Å². The zero-order valence-corrected chi connectivity index (χ0v) is 12.8. The first kappa shape index (κ1) is 14.4. The van der Waals surface area contributed by atoms with E-state index in [2.05, 4.69) is 15.0 Å². The maximum atomic E-state index is 12.7. The molecule has 0 bridgehead atoms. The second kappa shape index (κ2) is 5.71. The van der Waals surface area contributed by atoms with Gasteiger partial charge >= 0.3 is 0 Å². The normalized spacial score (nSPS) is 19.8.